The van der Waals surface area contributed by atoms with Crippen LogP contribution in [0.15, 0.2) is 12.1 Å². The minimum Gasteiger partial charge on any atom is -0.320 e. The largest absolute Gasteiger partial charge is 0.320 e. The maximum Gasteiger partial charge on any atom is 0.244 e. The van der Waals surface area contributed by atoms with Crippen molar-refractivity contribution in [3.05, 3.63) is 21.9 Å². The van der Waals surface area contributed by atoms with Crippen LogP contribution in [0.5, 0.6) is 0 Å². The van der Waals surface area contributed by atoms with Gasteiger partial charge in [0, 0.05) is 16.3 Å². The number of amides is 1. The van der Waals surface area contributed by atoms with Gasteiger partial charge in [-0.3, -0.25) is 10.1 Å². The summed E-state index contributed by atoms with van der Waals surface area (Å²) in [6.07, 6.45) is 7.45. The molecule has 2 saturated carbocycles. The van der Waals surface area contributed by atoms with E-state index >= 15 is 0 Å². The first-order valence-electron chi connectivity index (χ1n) is 7.83. The van der Waals surface area contributed by atoms with E-state index in [2.05, 4.69) is 29.3 Å². The molecule has 2 aliphatic carbocycles. The van der Waals surface area contributed by atoms with E-state index in [9.17, 15) is 4.79 Å². The molecule has 1 N–H and O–H groups in total. The van der Waals surface area contributed by atoms with Crippen molar-refractivity contribution in [3.63, 3.8) is 0 Å². The van der Waals surface area contributed by atoms with E-state index in [0.717, 1.165) is 25.3 Å². The van der Waals surface area contributed by atoms with Crippen molar-refractivity contribution < 1.29 is 4.79 Å². The van der Waals surface area contributed by atoms with Crippen LogP contribution in [0.4, 0.5) is 0 Å². The molecule has 4 heteroatoms. The molecule has 1 spiro atoms. The van der Waals surface area contributed by atoms with Crippen molar-refractivity contribution in [2.45, 2.75) is 57.2 Å². The lowest BCUT2D eigenvalue weighted by Gasteiger charge is -2.26. The van der Waals surface area contributed by atoms with E-state index in [1.165, 1.54) is 35.4 Å². The number of aryl methyl sites for hydroxylation is 1. The number of thiophene rings is 1. The van der Waals surface area contributed by atoms with E-state index in [0.29, 0.717) is 5.91 Å². The summed E-state index contributed by atoms with van der Waals surface area (Å²) in [5.41, 5.74) is -0.193. The quantitative estimate of drug-likeness (QED) is 0.927. The summed E-state index contributed by atoms with van der Waals surface area (Å²) in [5.74, 6) is 1.08. The molecule has 3 fully saturated rings. The summed E-state index contributed by atoms with van der Waals surface area (Å²) >= 11 is 1.82. The number of carbonyl (C=O) groups is 1. The van der Waals surface area contributed by atoms with Crippen molar-refractivity contribution in [2.75, 3.05) is 6.54 Å². The number of rotatable bonds is 3. The van der Waals surface area contributed by atoms with Crippen molar-refractivity contribution in [2.24, 2.45) is 5.92 Å². The van der Waals surface area contributed by atoms with Gasteiger partial charge in [0.2, 0.25) is 5.91 Å². The molecule has 0 aromatic carbocycles. The van der Waals surface area contributed by atoms with E-state index in [1.807, 2.05) is 11.3 Å². The van der Waals surface area contributed by atoms with Gasteiger partial charge < -0.3 is 4.90 Å². The standard InChI is InChI=1S/C16H22N2OS/c1-11-6-7-13(20-11)14-17-16(8-9-16)15(19)18(14)10-12-4-2-3-5-12/h6-7,12,14,17H,2-5,8-10H2,1H3. The van der Waals surface area contributed by atoms with Crippen molar-refractivity contribution in [3.8, 4) is 0 Å². The van der Waals surface area contributed by atoms with Crippen molar-refractivity contribution in [1.82, 2.24) is 10.2 Å². The van der Waals surface area contributed by atoms with Crippen LogP contribution in [-0.4, -0.2) is 22.9 Å². The molecule has 20 heavy (non-hydrogen) atoms. The number of nitrogens with zero attached hydrogens (tertiary/aromatic N) is 1. The molecule has 1 aromatic rings. The zero-order valence-corrected chi connectivity index (χ0v) is 12.8. The van der Waals surface area contributed by atoms with Crippen LogP contribution in [0.3, 0.4) is 0 Å². The average molecular weight is 290 g/mol. The highest BCUT2D eigenvalue weighted by molar-refractivity contribution is 7.12. The third-order valence-corrected chi connectivity index (χ3v) is 6.16. The Labute approximate surface area is 124 Å². The smallest absolute Gasteiger partial charge is 0.244 e. The lowest BCUT2D eigenvalue weighted by molar-refractivity contribution is -0.131. The number of hydrogen-bond acceptors (Lipinski definition) is 3. The van der Waals surface area contributed by atoms with Crippen molar-refractivity contribution in [1.29, 1.82) is 0 Å². The minimum atomic E-state index is -0.193. The van der Waals surface area contributed by atoms with Crippen LogP contribution in [0, 0.1) is 12.8 Å². The van der Waals surface area contributed by atoms with Gasteiger partial charge in [-0.1, -0.05) is 12.8 Å². The summed E-state index contributed by atoms with van der Waals surface area (Å²) in [5, 5.41) is 3.63. The first-order chi connectivity index (χ1) is 9.68. The monoisotopic (exact) mass is 290 g/mol. The molecular weight excluding hydrogens is 268 g/mol. The molecule has 3 aliphatic rings. The Morgan fingerprint density at radius 1 is 1.35 bits per heavy atom. The Morgan fingerprint density at radius 2 is 2.10 bits per heavy atom. The molecule has 1 atom stereocenters. The third kappa shape index (κ3) is 2.01. The highest BCUT2D eigenvalue weighted by Gasteiger charge is 2.59. The lowest BCUT2D eigenvalue weighted by atomic mass is 10.1. The van der Waals surface area contributed by atoms with Crippen molar-refractivity contribution >= 4 is 17.2 Å². The van der Waals surface area contributed by atoms with Gasteiger partial charge >= 0.3 is 0 Å². The molecule has 1 aliphatic heterocycles. The fraction of sp³-hybridized carbons (Fsp3) is 0.688. The number of carbonyl (C=O) groups excluding carboxylic acids is 1. The SMILES string of the molecule is Cc1ccc(C2NC3(CC3)C(=O)N2CC2CCCC2)s1. The van der Waals surface area contributed by atoms with Gasteiger partial charge in [-0.15, -0.1) is 11.3 Å². The second-order valence-electron chi connectivity index (χ2n) is 6.69. The molecular formula is C16H22N2OS. The van der Waals surface area contributed by atoms with E-state index in [-0.39, 0.29) is 11.7 Å². The summed E-state index contributed by atoms with van der Waals surface area (Å²) < 4.78 is 0. The molecule has 3 nitrogen and oxygen atoms in total. The molecule has 0 bridgehead atoms. The number of nitrogens with one attached hydrogen (secondary N) is 1. The maximum absolute atomic E-state index is 12.7. The molecule has 2 heterocycles. The molecule has 1 amide bonds. The second kappa shape index (κ2) is 4.57. The predicted molar refractivity (Wildman–Crippen MR) is 80.6 cm³/mol. The molecule has 108 valence electrons. The first kappa shape index (κ1) is 12.8. The Kier molecular flexibility index (Phi) is 2.93. The minimum absolute atomic E-state index is 0.129. The van der Waals surface area contributed by atoms with Gasteiger partial charge in [0.25, 0.3) is 0 Å². The molecule has 1 unspecified atom stereocenters. The van der Waals surface area contributed by atoms with Gasteiger partial charge in [-0.05, 0) is 50.7 Å². The Bertz CT molecular complexity index is 528. The topological polar surface area (TPSA) is 32.3 Å². The number of hydrogen-bond donors (Lipinski definition) is 1. The predicted octanol–water partition coefficient (Wildman–Crippen LogP) is 3.21. The maximum atomic E-state index is 12.7. The van der Waals surface area contributed by atoms with Crippen LogP contribution in [0.1, 0.15) is 54.4 Å². The van der Waals surface area contributed by atoms with Gasteiger partial charge in [0.05, 0.1) is 0 Å². The Hall–Kier alpha value is -0.870. The normalized spacial score (nSPS) is 28.8. The zero-order valence-electron chi connectivity index (χ0n) is 12.0. The zero-order chi connectivity index (χ0) is 13.7. The Balaban J connectivity index is 1.59. The highest BCUT2D eigenvalue weighted by Crippen LogP contribution is 2.47. The van der Waals surface area contributed by atoms with Crippen LogP contribution in [0.25, 0.3) is 0 Å². The van der Waals surface area contributed by atoms with Crippen LogP contribution in [0.2, 0.25) is 0 Å². The summed E-state index contributed by atoms with van der Waals surface area (Å²) in [6.45, 7) is 3.09. The summed E-state index contributed by atoms with van der Waals surface area (Å²) in [7, 11) is 0. The fourth-order valence-corrected chi connectivity index (χ4v) is 4.70. The van der Waals surface area contributed by atoms with Crippen LogP contribution < -0.4 is 5.32 Å². The van der Waals surface area contributed by atoms with Gasteiger partial charge in [0.15, 0.2) is 0 Å². The fourth-order valence-electron chi connectivity index (χ4n) is 3.76. The Morgan fingerprint density at radius 3 is 2.70 bits per heavy atom. The molecule has 1 saturated heterocycles. The first-order valence-corrected chi connectivity index (χ1v) is 8.65. The second-order valence-corrected chi connectivity index (χ2v) is 8.00. The van der Waals surface area contributed by atoms with Gasteiger partial charge in [-0.2, -0.15) is 0 Å². The van der Waals surface area contributed by atoms with Crippen LogP contribution in [-0.2, 0) is 4.79 Å². The molecule has 1 aromatic heterocycles. The average Bonchev–Trinajstić information content (AvgIpc) is 2.79. The highest BCUT2D eigenvalue weighted by atomic mass is 32.1. The third-order valence-electron chi connectivity index (χ3n) is 5.11. The van der Waals surface area contributed by atoms with Gasteiger partial charge in [-0.25, -0.2) is 0 Å². The van der Waals surface area contributed by atoms with E-state index < -0.39 is 0 Å². The van der Waals surface area contributed by atoms with Crippen LogP contribution >= 0.6 is 11.3 Å². The van der Waals surface area contributed by atoms with E-state index in [4.69, 9.17) is 0 Å². The molecule has 4 rings (SSSR count). The molecule has 0 radical (unpaired) electrons. The lowest BCUT2D eigenvalue weighted by Crippen LogP contribution is -2.35. The van der Waals surface area contributed by atoms with Gasteiger partial charge in [0.1, 0.15) is 11.7 Å². The summed E-state index contributed by atoms with van der Waals surface area (Å²) in [4.78, 5) is 17.5. The van der Waals surface area contributed by atoms with E-state index in [1.54, 1.807) is 0 Å². The summed E-state index contributed by atoms with van der Waals surface area (Å²) in [6, 6.07) is 4.35.